The number of carbonyl (C=O) groups is 1. The van der Waals surface area contributed by atoms with E-state index in [-0.39, 0.29) is 11.9 Å². The average molecular weight is 367 g/mol. The molecule has 0 radical (unpaired) electrons. The molecule has 1 aliphatic heterocycles. The zero-order valence-electron chi connectivity index (χ0n) is 14.8. The molecule has 4 rings (SSSR count). The third-order valence-electron chi connectivity index (χ3n) is 5.39. The van der Waals surface area contributed by atoms with Crippen molar-refractivity contribution < 1.29 is 4.79 Å². The van der Waals surface area contributed by atoms with Crippen molar-refractivity contribution in [3.8, 4) is 0 Å². The van der Waals surface area contributed by atoms with Crippen molar-refractivity contribution >= 4 is 23.2 Å². The van der Waals surface area contributed by atoms with E-state index in [0.29, 0.717) is 18.4 Å². The Morgan fingerprint density at radius 1 is 1.23 bits per heavy atom. The molecule has 0 unspecified atom stereocenters. The number of fused-ring (bicyclic) bond motifs is 3. The molecule has 2 N–H and O–H groups in total. The molecule has 0 spiro atoms. The number of benzene rings is 2. The zero-order chi connectivity index (χ0) is 18.1. The summed E-state index contributed by atoms with van der Waals surface area (Å²) in [5, 5.41) is 7.42. The van der Waals surface area contributed by atoms with Crippen LogP contribution in [0.1, 0.15) is 53.2 Å². The van der Waals surface area contributed by atoms with Gasteiger partial charge < -0.3 is 10.6 Å². The first-order valence-corrected chi connectivity index (χ1v) is 9.66. The molecule has 0 fully saturated rings. The van der Waals surface area contributed by atoms with E-state index in [1.165, 1.54) is 11.1 Å². The minimum Gasteiger partial charge on any atom is -0.378 e. The molecule has 0 bridgehead atoms. The zero-order valence-corrected chi connectivity index (χ0v) is 15.6. The highest BCUT2D eigenvalue weighted by Crippen LogP contribution is 2.49. The van der Waals surface area contributed by atoms with E-state index in [2.05, 4.69) is 47.9 Å². The summed E-state index contributed by atoms with van der Waals surface area (Å²) in [4.78, 5) is 12.3. The summed E-state index contributed by atoms with van der Waals surface area (Å²) in [5.74, 6) is 0.802. The Labute approximate surface area is 159 Å². The van der Waals surface area contributed by atoms with Crippen LogP contribution >= 0.6 is 11.6 Å². The van der Waals surface area contributed by atoms with Crippen LogP contribution in [0.15, 0.2) is 54.6 Å². The SMILES string of the molecule is CCCNC(=O)c1ccc2c(c1)[C@@H]1C=CC[C@H]1[C@@H](c1ccc(Cl)cc1)N2. The standard InChI is InChI=1S/C22H23ClN2O/c1-2-12-24-22(26)15-8-11-20-19(13-15)17-4-3-5-18(17)21(25-20)14-6-9-16(23)10-7-14/h3-4,6-11,13,17-18,21,25H,2,5,12H2,1H3,(H,24,26)/t17-,18-,21-/m1/s1. The minimum atomic E-state index is 0.00741. The van der Waals surface area contributed by atoms with Gasteiger partial charge in [-0.1, -0.05) is 42.8 Å². The van der Waals surface area contributed by atoms with Gasteiger partial charge >= 0.3 is 0 Å². The average Bonchev–Trinajstić information content (AvgIpc) is 3.16. The molecule has 2 aliphatic rings. The molecule has 0 saturated heterocycles. The van der Waals surface area contributed by atoms with Crippen molar-refractivity contribution in [2.24, 2.45) is 5.92 Å². The van der Waals surface area contributed by atoms with Gasteiger partial charge in [0.2, 0.25) is 0 Å². The summed E-state index contributed by atoms with van der Waals surface area (Å²) in [5.41, 5.74) is 4.33. The highest BCUT2D eigenvalue weighted by molar-refractivity contribution is 6.30. The molecule has 2 aromatic rings. The molecule has 26 heavy (non-hydrogen) atoms. The van der Waals surface area contributed by atoms with E-state index in [9.17, 15) is 4.79 Å². The van der Waals surface area contributed by atoms with E-state index in [4.69, 9.17) is 11.6 Å². The van der Waals surface area contributed by atoms with E-state index < -0.39 is 0 Å². The minimum absolute atomic E-state index is 0.00741. The first kappa shape index (κ1) is 17.2. The molecule has 2 aromatic carbocycles. The molecule has 1 aliphatic carbocycles. The molecule has 0 aromatic heterocycles. The van der Waals surface area contributed by atoms with Crippen molar-refractivity contribution in [2.75, 3.05) is 11.9 Å². The molecule has 134 valence electrons. The van der Waals surface area contributed by atoms with E-state index in [0.717, 1.165) is 29.1 Å². The van der Waals surface area contributed by atoms with Gasteiger partial charge in [0.15, 0.2) is 0 Å². The quantitative estimate of drug-likeness (QED) is 0.720. The van der Waals surface area contributed by atoms with Gasteiger partial charge in [-0.2, -0.15) is 0 Å². The van der Waals surface area contributed by atoms with E-state index in [1.807, 2.05) is 24.3 Å². The van der Waals surface area contributed by atoms with Gasteiger partial charge in [-0.25, -0.2) is 0 Å². The summed E-state index contributed by atoms with van der Waals surface area (Å²) < 4.78 is 0. The van der Waals surface area contributed by atoms with Gasteiger partial charge in [-0.3, -0.25) is 4.79 Å². The van der Waals surface area contributed by atoms with Crippen LogP contribution in [0.3, 0.4) is 0 Å². The Morgan fingerprint density at radius 3 is 2.81 bits per heavy atom. The first-order chi connectivity index (χ1) is 12.7. The number of halogens is 1. The molecule has 1 amide bonds. The van der Waals surface area contributed by atoms with Crippen LogP contribution in [0.2, 0.25) is 5.02 Å². The van der Waals surface area contributed by atoms with Gasteiger partial charge in [-0.15, -0.1) is 0 Å². The molecule has 1 heterocycles. The number of hydrogen-bond acceptors (Lipinski definition) is 2. The molecule has 3 atom stereocenters. The summed E-state index contributed by atoms with van der Waals surface area (Å²) in [7, 11) is 0. The molecule has 3 nitrogen and oxygen atoms in total. The Hall–Kier alpha value is -2.26. The number of amides is 1. The van der Waals surface area contributed by atoms with Crippen molar-refractivity contribution in [1.82, 2.24) is 5.32 Å². The van der Waals surface area contributed by atoms with Crippen LogP contribution in [-0.2, 0) is 0 Å². The Morgan fingerprint density at radius 2 is 2.04 bits per heavy atom. The number of nitrogens with one attached hydrogen (secondary N) is 2. The summed E-state index contributed by atoms with van der Waals surface area (Å²) in [6.45, 7) is 2.76. The highest BCUT2D eigenvalue weighted by Gasteiger charge is 2.38. The third kappa shape index (κ3) is 3.12. The van der Waals surface area contributed by atoms with Crippen molar-refractivity contribution in [3.05, 3.63) is 76.3 Å². The fourth-order valence-electron chi connectivity index (χ4n) is 4.08. The van der Waals surface area contributed by atoms with Crippen molar-refractivity contribution in [2.45, 2.75) is 31.7 Å². The first-order valence-electron chi connectivity index (χ1n) is 9.28. The maximum atomic E-state index is 12.3. The fraction of sp³-hybridized carbons (Fsp3) is 0.318. The number of hydrogen-bond donors (Lipinski definition) is 2. The predicted octanol–water partition coefficient (Wildman–Crippen LogP) is 5.31. The van der Waals surface area contributed by atoms with Crippen LogP contribution < -0.4 is 10.6 Å². The lowest BCUT2D eigenvalue weighted by molar-refractivity contribution is 0.0953. The second kappa shape index (κ2) is 7.16. The van der Waals surface area contributed by atoms with Gasteiger partial charge in [0, 0.05) is 28.7 Å². The smallest absolute Gasteiger partial charge is 0.251 e. The number of carbonyl (C=O) groups excluding carboxylic acids is 1. The van der Waals surface area contributed by atoms with Crippen LogP contribution in [-0.4, -0.2) is 12.5 Å². The van der Waals surface area contributed by atoms with Crippen LogP contribution in [0, 0.1) is 5.92 Å². The topological polar surface area (TPSA) is 41.1 Å². The lowest BCUT2D eigenvalue weighted by Crippen LogP contribution is -2.30. The number of allylic oxidation sites excluding steroid dienone is 2. The Bertz CT molecular complexity index is 844. The van der Waals surface area contributed by atoms with Gasteiger partial charge in [-0.05, 0) is 60.2 Å². The van der Waals surface area contributed by atoms with Crippen LogP contribution in [0.5, 0.6) is 0 Å². The molecule has 0 saturated carbocycles. The molecule has 4 heteroatoms. The Balaban J connectivity index is 1.66. The summed E-state index contributed by atoms with van der Waals surface area (Å²) in [6.07, 6.45) is 6.53. The van der Waals surface area contributed by atoms with E-state index >= 15 is 0 Å². The monoisotopic (exact) mass is 366 g/mol. The summed E-state index contributed by atoms with van der Waals surface area (Å²) in [6, 6.07) is 14.4. The highest BCUT2D eigenvalue weighted by atomic mass is 35.5. The van der Waals surface area contributed by atoms with Crippen LogP contribution in [0.4, 0.5) is 5.69 Å². The lowest BCUT2D eigenvalue weighted by atomic mass is 9.76. The Kier molecular flexibility index (Phi) is 4.73. The van der Waals surface area contributed by atoms with Crippen LogP contribution in [0.25, 0.3) is 0 Å². The predicted molar refractivity (Wildman–Crippen MR) is 107 cm³/mol. The second-order valence-corrected chi connectivity index (χ2v) is 7.52. The summed E-state index contributed by atoms with van der Waals surface area (Å²) >= 11 is 6.06. The molecular formula is C22H23ClN2O. The molecular weight excluding hydrogens is 344 g/mol. The largest absolute Gasteiger partial charge is 0.378 e. The second-order valence-electron chi connectivity index (χ2n) is 7.08. The van der Waals surface area contributed by atoms with E-state index in [1.54, 1.807) is 0 Å². The third-order valence-corrected chi connectivity index (χ3v) is 5.64. The van der Waals surface area contributed by atoms with Gasteiger partial charge in [0.05, 0.1) is 6.04 Å². The van der Waals surface area contributed by atoms with Gasteiger partial charge in [0.25, 0.3) is 5.91 Å². The maximum absolute atomic E-state index is 12.3. The fourth-order valence-corrected chi connectivity index (χ4v) is 4.20. The number of anilines is 1. The van der Waals surface area contributed by atoms with Gasteiger partial charge in [0.1, 0.15) is 0 Å². The lowest BCUT2D eigenvalue weighted by Gasteiger charge is -2.37. The van der Waals surface area contributed by atoms with Crippen molar-refractivity contribution in [1.29, 1.82) is 0 Å². The normalized spacial score (nSPS) is 23.1. The van der Waals surface area contributed by atoms with Crippen molar-refractivity contribution in [3.63, 3.8) is 0 Å². The maximum Gasteiger partial charge on any atom is 0.251 e. The number of rotatable bonds is 4.